The van der Waals surface area contributed by atoms with Crippen LogP contribution in [0.25, 0.3) is 0 Å². The van der Waals surface area contributed by atoms with Crippen LogP contribution in [-0.2, 0) is 12.8 Å². The van der Waals surface area contributed by atoms with Gasteiger partial charge in [-0.05, 0) is 43.7 Å². The molecular weight excluding hydrogens is 160 g/mol. The molecule has 2 aliphatic carbocycles. The van der Waals surface area contributed by atoms with Crippen molar-refractivity contribution in [2.75, 3.05) is 0 Å². The highest BCUT2D eigenvalue weighted by Crippen LogP contribution is 2.39. The van der Waals surface area contributed by atoms with Crippen molar-refractivity contribution in [1.29, 1.82) is 0 Å². The zero-order valence-corrected chi connectivity index (χ0v) is 7.84. The van der Waals surface area contributed by atoms with E-state index in [0.717, 1.165) is 0 Å². The summed E-state index contributed by atoms with van der Waals surface area (Å²) >= 11 is 0. The van der Waals surface area contributed by atoms with Crippen LogP contribution in [0.15, 0.2) is 6.07 Å². The van der Waals surface area contributed by atoms with Crippen molar-refractivity contribution in [2.45, 2.75) is 44.1 Å². The van der Waals surface area contributed by atoms with E-state index in [4.69, 9.17) is 5.73 Å². The Balaban J connectivity index is 1.91. The Bertz CT molecular complexity index is 303. The normalized spacial score (nSPS) is 31.5. The van der Waals surface area contributed by atoms with Crippen molar-refractivity contribution < 1.29 is 0 Å². The maximum Gasteiger partial charge on any atom is 0.0199 e. The molecule has 0 amide bonds. The first-order chi connectivity index (χ1) is 6.34. The molecule has 3 N–H and O–H groups in total. The Labute approximate surface area is 78.5 Å². The van der Waals surface area contributed by atoms with Gasteiger partial charge in [-0.2, -0.15) is 0 Å². The van der Waals surface area contributed by atoms with Crippen LogP contribution < -0.4 is 5.73 Å². The summed E-state index contributed by atoms with van der Waals surface area (Å²) in [6.45, 7) is 0. The molecule has 2 heteroatoms. The van der Waals surface area contributed by atoms with E-state index in [1.807, 2.05) is 0 Å². The molecule has 2 nitrogen and oxygen atoms in total. The van der Waals surface area contributed by atoms with Gasteiger partial charge in [0.2, 0.25) is 0 Å². The fourth-order valence-corrected chi connectivity index (χ4v) is 2.40. The maximum absolute atomic E-state index is 5.84. The van der Waals surface area contributed by atoms with Crippen molar-refractivity contribution in [3.63, 3.8) is 0 Å². The predicted molar refractivity (Wildman–Crippen MR) is 52.8 cm³/mol. The SMILES string of the molecule is NC1CC1c1cc2c([nH]1)CCCC2. The molecular formula is C11H16N2. The number of rotatable bonds is 1. The first-order valence-corrected chi connectivity index (χ1v) is 5.31. The van der Waals surface area contributed by atoms with Crippen LogP contribution in [0.5, 0.6) is 0 Å². The number of aromatic nitrogens is 1. The lowest BCUT2D eigenvalue weighted by Crippen LogP contribution is -2.01. The molecule has 1 fully saturated rings. The topological polar surface area (TPSA) is 41.8 Å². The van der Waals surface area contributed by atoms with Crippen molar-refractivity contribution in [2.24, 2.45) is 5.73 Å². The third-order valence-corrected chi connectivity index (χ3v) is 3.37. The Morgan fingerprint density at radius 1 is 1.31 bits per heavy atom. The number of fused-ring (bicyclic) bond motifs is 1. The number of H-pyrrole nitrogens is 1. The van der Waals surface area contributed by atoms with Gasteiger partial charge in [-0.3, -0.25) is 0 Å². The van der Waals surface area contributed by atoms with Gasteiger partial charge in [0.15, 0.2) is 0 Å². The lowest BCUT2D eigenvalue weighted by Gasteiger charge is -2.09. The molecule has 1 aromatic heterocycles. The lowest BCUT2D eigenvalue weighted by atomic mass is 9.98. The highest BCUT2D eigenvalue weighted by Gasteiger charge is 2.36. The van der Waals surface area contributed by atoms with Crippen LogP contribution in [0.2, 0.25) is 0 Å². The van der Waals surface area contributed by atoms with Crippen molar-refractivity contribution in [3.8, 4) is 0 Å². The number of aryl methyl sites for hydroxylation is 2. The summed E-state index contributed by atoms with van der Waals surface area (Å²) in [4.78, 5) is 3.55. The molecule has 13 heavy (non-hydrogen) atoms. The molecule has 3 rings (SSSR count). The van der Waals surface area contributed by atoms with E-state index in [2.05, 4.69) is 11.1 Å². The third-order valence-electron chi connectivity index (χ3n) is 3.37. The van der Waals surface area contributed by atoms with Crippen LogP contribution in [-0.4, -0.2) is 11.0 Å². The van der Waals surface area contributed by atoms with Crippen molar-refractivity contribution >= 4 is 0 Å². The smallest absolute Gasteiger partial charge is 0.0199 e. The number of hydrogen-bond acceptors (Lipinski definition) is 1. The summed E-state index contributed by atoms with van der Waals surface area (Å²) in [5, 5.41) is 0. The lowest BCUT2D eigenvalue weighted by molar-refractivity contribution is 0.676. The minimum atomic E-state index is 0.431. The Morgan fingerprint density at radius 2 is 2.08 bits per heavy atom. The Hall–Kier alpha value is -0.760. The minimum Gasteiger partial charge on any atom is -0.362 e. The van der Waals surface area contributed by atoms with E-state index in [0.29, 0.717) is 12.0 Å². The summed E-state index contributed by atoms with van der Waals surface area (Å²) in [5.74, 6) is 0.644. The summed E-state index contributed by atoms with van der Waals surface area (Å²) in [7, 11) is 0. The second-order valence-electron chi connectivity index (χ2n) is 4.44. The fourth-order valence-electron chi connectivity index (χ4n) is 2.40. The maximum atomic E-state index is 5.84. The summed E-state index contributed by atoms with van der Waals surface area (Å²) < 4.78 is 0. The number of hydrogen-bond donors (Lipinski definition) is 2. The molecule has 0 radical (unpaired) electrons. The number of aromatic amines is 1. The molecule has 0 spiro atoms. The van der Waals surface area contributed by atoms with Gasteiger partial charge in [0.1, 0.15) is 0 Å². The standard InChI is InChI=1S/C11H16N2/c12-9-6-8(9)11-5-7-3-1-2-4-10(7)13-11/h5,8-9,13H,1-4,6,12H2. The highest BCUT2D eigenvalue weighted by atomic mass is 14.8. The highest BCUT2D eigenvalue weighted by molar-refractivity contribution is 5.33. The number of nitrogens with two attached hydrogens (primary N) is 1. The van der Waals surface area contributed by atoms with Gasteiger partial charge in [0.05, 0.1) is 0 Å². The van der Waals surface area contributed by atoms with E-state index < -0.39 is 0 Å². The average Bonchev–Trinajstić information content (AvgIpc) is 2.74. The largest absolute Gasteiger partial charge is 0.362 e. The van der Waals surface area contributed by atoms with Crippen molar-refractivity contribution in [1.82, 2.24) is 4.98 Å². The molecule has 2 unspecified atom stereocenters. The molecule has 0 saturated heterocycles. The molecule has 1 saturated carbocycles. The predicted octanol–water partition coefficient (Wildman–Crippen LogP) is 1.71. The molecule has 0 aromatic carbocycles. The van der Waals surface area contributed by atoms with E-state index in [1.54, 1.807) is 5.56 Å². The first-order valence-electron chi connectivity index (χ1n) is 5.31. The van der Waals surface area contributed by atoms with Gasteiger partial charge < -0.3 is 10.7 Å². The minimum absolute atomic E-state index is 0.431. The van der Waals surface area contributed by atoms with Crippen LogP contribution in [0.4, 0.5) is 0 Å². The molecule has 70 valence electrons. The van der Waals surface area contributed by atoms with Crippen molar-refractivity contribution in [3.05, 3.63) is 23.0 Å². The van der Waals surface area contributed by atoms with Gasteiger partial charge in [-0.15, -0.1) is 0 Å². The van der Waals surface area contributed by atoms with Crippen LogP contribution in [0.3, 0.4) is 0 Å². The van der Waals surface area contributed by atoms with E-state index in [9.17, 15) is 0 Å². The zero-order valence-electron chi connectivity index (χ0n) is 7.84. The Morgan fingerprint density at radius 3 is 2.77 bits per heavy atom. The van der Waals surface area contributed by atoms with Gasteiger partial charge in [0.25, 0.3) is 0 Å². The van der Waals surface area contributed by atoms with Gasteiger partial charge in [0, 0.05) is 23.3 Å². The van der Waals surface area contributed by atoms with Crippen LogP contribution in [0, 0.1) is 0 Å². The zero-order chi connectivity index (χ0) is 8.84. The van der Waals surface area contributed by atoms with Gasteiger partial charge in [-0.1, -0.05) is 0 Å². The monoisotopic (exact) mass is 176 g/mol. The van der Waals surface area contributed by atoms with Gasteiger partial charge in [-0.25, -0.2) is 0 Å². The van der Waals surface area contributed by atoms with E-state index in [-0.39, 0.29) is 0 Å². The molecule has 2 atom stereocenters. The molecule has 2 aliphatic rings. The molecule has 1 heterocycles. The first kappa shape index (κ1) is 7.63. The third kappa shape index (κ3) is 1.20. The quantitative estimate of drug-likeness (QED) is 0.672. The number of nitrogens with one attached hydrogen (secondary N) is 1. The summed E-state index contributed by atoms with van der Waals surface area (Å²) in [5.41, 5.74) is 10.3. The van der Waals surface area contributed by atoms with Crippen LogP contribution >= 0.6 is 0 Å². The second kappa shape index (κ2) is 2.61. The summed E-state index contributed by atoms with van der Waals surface area (Å²) in [6.07, 6.45) is 6.41. The molecule has 1 aromatic rings. The van der Waals surface area contributed by atoms with Gasteiger partial charge >= 0.3 is 0 Å². The Kier molecular flexibility index (Phi) is 1.53. The average molecular weight is 176 g/mol. The second-order valence-corrected chi connectivity index (χ2v) is 4.44. The van der Waals surface area contributed by atoms with Crippen LogP contribution in [0.1, 0.15) is 42.1 Å². The molecule has 0 bridgehead atoms. The molecule has 0 aliphatic heterocycles. The summed E-state index contributed by atoms with van der Waals surface area (Å²) in [6, 6.07) is 2.78. The van der Waals surface area contributed by atoms with E-state index >= 15 is 0 Å². The van der Waals surface area contributed by atoms with E-state index in [1.165, 1.54) is 43.5 Å². The fraction of sp³-hybridized carbons (Fsp3) is 0.636.